The second kappa shape index (κ2) is 5.73. The first-order valence-corrected chi connectivity index (χ1v) is 6.33. The van der Waals surface area contributed by atoms with Gasteiger partial charge in [-0.3, -0.25) is 0 Å². The summed E-state index contributed by atoms with van der Waals surface area (Å²) in [7, 11) is 0. The number of carbonyl (C=O) groups is 1. The van der Waals surface area contributed by atoms with Crippen LogP contribution in [0.25, 0.3) is 0 Å². The van der Waals surface area contributed by atoms with Crippen LogP contribution in [0.2, 0.25) is 0 Å². The lowest BCUT2D eigenvalue weighted by atomic mass is 10.3. The number of amides is 2. The van der Waals surface area contributed by atoms with Gasteiger partial charge in [-0.2, -0.15) is 0 Å². The predicted molar refractivity (Wildman–Crippen MR) is 73.6 cm³/mol. The molecule has 0 aromatic heterocycles. The van der Waals surface area contributed by atoms with Crippen LogP contribution in [0.15, 0.2) is 24.3 Å². The zero-order chi connectivity index (χ0) is 13.0. The first-order valence-electron chi connectivity index (χ1n) is 6.33. The molecule has 0 unspecified atom stereocenters. The molecule has 0 radical (unpaired) electrons. The van der Waals surface area contributed by atoms with E-state index < -0.39 is 0 Å². The van der Waals surface area contributed by atoms with Crippen LogP contribution >= 0.6 is 0 Å². The Bertz CT molecular complexity index is 413. The summed E-state index contributed by atoms with van der Waals surface area (Å²) in [4.78, 5) is 16.2. The largest absolute Gasteiger partial charge is 0.399 e. The van der Waals surface area contributed by atoms with Gasteiger partial charge in [0.2, 0.25) is 0 Å². The number of urea groups is 1. The van der Waals surface area contributed by atoms with Gasteiger partial charge in [-0.15, -0.1) is 0 Å². The summed E-state index contributed by atoms with van der Waals surface area (Å²) in [6.45, 7) is 6.64. The molecule has 1 aromatic carbocycles. The fourth-order valence-electron chi connectivity index (χ4n) is 2.09. The third kappa shape index (κ3) is 3.13. The zero-order valence-corrected chi connectivity index (χ0v) is 10.7. The molecule has 18 heavy (non-hydrogen) atoms. The van der Waals surface area contributed by atoms with Gasteiger partial charge in [-0.1, -0.05) is 13.0 Å². The summed E-state index contributed by atoms with van der Waals surface area (Å²) >= 11 is 0. The van der Waals surface area contributed by atoms with E-state index in [0.717, 1.165) is 38.4 Å². The number of nitrogens with two attached hydrogens (primary N) is 1. The molecule has 1 fully saturated rings. The van der Waals surface area contributed by atoms with Crippen LogP contribution in [0.1, 0.15) is 6.92 Å². The standard InChI is InChI=1S/C13H20N4O/c1-2-16-6-8-17(9-7-16)13(18)15-12-5-3-4-11(14)10-12/h3-5,10H,2,6-9,14H2,1H3,(H,15,18). The van der Waals surface area contributed by atoms with Gasteiger partial charge in [0.05, 0.1) is 0 Å². The van der Waals surface area contributed by atoms with Crippen LogP contribution in [-0.4, -0.2) is 48.6 Å². The van der Waals surface area contributed by atoms with Gasteiger partial charge >= 0.3 is 6.03 Å². The summed E-state index contributed by atoms with van der Waals surface area (Å²) in [5.41, 5.74) is 7.08. The molecule has 2 amide bonds. The maximum absolute atomic E-state index is 12.0. The van der Waals surface area contributed by atoms with Crippen LogP contribution in [0.3, 0.4) is 0 Å². The summed E-state index contributed by atoms with van der Waals surface area (Å²) in [5, 5.41) is 2.87. The number of piperazine rings is 1. The summed E-state index contributed by atoms with van der Waals surface area (Å²) < 4.78 is 0. The molecule has 1 aliphatic heterocycles. The van der Waals surface area contributed by atoms with Crippen LogP contribution in [-0.2, 0) is 0 Å². The van der Waals surface area contributed by atoms with E-state index in [-0.39, 0.29) is 6.03 Å². The molecule has 5 heteroatoms. The molecule has 3 N–H and O–H groups in total. The van der Waals surface area contributed by atoms with Crippen molar-refractivity contribution in [3.05, 3.63) is 24.3 Å². The molecule has 0 bridgehead atoms. The van der Waals surface area contributed by atoms with Crippen molar-refractivity contribution in [3.8, 4) is 0 Å². The number of hydrogen-bond acceptors (Lipinski definition) is 3. The van der Waals surface area contributed by atoms with Crippen LogP contribution < -0.4 is 11.1 Å². The maximum Gasteiger partial charge on any atom is 0.321 e. The molecule has 1 saturated heterocycles. The number of carbonyl (C=O) groups excluding carboxylic acids is 1. The lowest BCUT2D eigenvalue weighted by molar-refractivity contribution is 0.151. The molecule has 0 saturated carbocycles. The van der Waals surface area contributed by atoms with Crippen molar-refractivity contribution in [1.82, 2.24) is 9.80 Å². The average molecular weight is 248 g/mol. The third-order valence-corrected chi connectivity index (χ3v) is 3.24. The fourth-order valence-corrected chi connectivity index (χ4v) is 2.09. The van der Waals surface area contributed by atoms with Gasteiger partial charge in [0, 0.05) is 37.6 Å². The van der Waals surface area contributed by atoms with E-state index in [2.05, 4.69) is 17.1 Å². The number of hydrogen-bond donors (Lipinski definition) is 2. The molecular formula is C13H20N4O. The number of likely N-dealkylation sites (N-methyl/N-ethyl adjacent to an activating group) is 1. The van der Waals surface area contributed by atoms with E-state index in [9.17, 15) is 4.79 Å². The van der Waals surface area contributed by atoms with E-state index in [4.69, 9.17) is 5.73 Å². The minimum Gasteiger partial charge on any atom is -0.399 e. The van der Waals surface area contributed by atoms with Gasteiger partial charge in [0.1, 0.15) is 0 Å². The molecule has 1 heterocycles. The van der Waals surface area contributed by atoms with Crippen molar-refractivity contribution in [2.75, 3.05) is 43.8 Å². The topological polar surface area (TPSA) is 61.6 Å². The quantitative estimate of drug-likeness (QED) is 0.778. The minimum atomic E-state index is -0.0450. The average Bonchev–Trinajstić information content (AvgIpc) is 2.39. The first-order chi connectivity index (χ1) is 8.69. The smallest absolute Gasteiger partial charge is 0.321 e. The van der Waals surface area contributed by atoms with Gasteiger partial charge in [-0.05, 0) is 24.7 Å². The normalized spacial score (nSPS) is 16.6. The summed E-state index contributed by atoms with van der Waals surface area (Å²) in [6, 6.07) is 7.20. The molecule has 0 atom stereocenters. The predicted octanol–water partition coefficient (Wildman–Crippen LogP) is 1.44. The van der Waals surface area contributed by atoms with Crippen LogP contribution in [0, 0.1) is 0 Å². The second-order valence-electron chi connectivity index (χ2n) is 4.48. The maximum atomic E-state index is 12.0. The fraction of sp³-hybridized carbons (Fsp3) is 0.462. The van der Waals surface area contributed by atoms with Gasteiger partial charge in [0.15, 0.2) is 0 Å². The van der Waals surface area contributed by atoms with Crippen molar-refractivity contribution in [2.45, 2.75) is 6.92 Å². The first kappa shape index (κ1) is 12.7. The van der Waals surface area contributed by atoms with Crippen molar-refractivity contribution in [3.63, 3.8) is 0 Å². The number of nitrogens with zero attached hydrogens (tertiary/aromatic N) is 2. The Kier molecular flexibility index (Phi) is 4.04. The number of benzene rings is 1. The van der Waals surface area contributed by atoms with Crippen LogP contribution in [0.5, 0.6) is 0 Å². The Labute approximate surface area is 108 Å². The zero-order valence-electron chi connectivity index (χ0n) is 10.7. The highest BCUT2D eigenvalue weighted by atomic mass is 16.2. The number of rotatable bonds is 2. The van der Waals surface area contributed by atoms with Gasteiger partial charge in [-0.25, -0.2) is 4.79 Å². The Morgan fingerprint density at radius 3 is 2.67 bits per heavy atom. The molecule has 0 spiro atoms. The Balaban J connectivity index is 1.89. The molecule has 1 aliphatic rings. The number of anilines is 2. The van der Waals surface area contributed by atoms with Crippen molar-refractivity contribution < 1.29 is 4.79 Å². The molecular weight excluding hydrogens is 228 g/mol. The van der Waals surface area contributed by atoms with Crippen molar-refractivity contribution in [2.24, 2.45) is 0 Å². The summed E-state index contributed by atoms with van der Waals surface area (Å²) in [5.74, 6) is 0. The lowest BCUT2D eigenvalue weighted by Crippen LogP contribution is -2.49. The second-order valence-corrected chi connectivity index (χ2v) is 4.48. The van der Waals surface area contributed by atoms with Crippen molar-refractivity contribution in [1.29, 1.82) is 0 Å². The number of nitrogen functional groups attached to an aromatic ring is 1. The highest BCUT2D eigenvalue weighted by Gasteiger charge is 2.19. The molecule has 5 nitrogen and oxygen atoms in total. The van der Waals surface area contributed by atoms with Crippen LogP contribution in [0.4, 0.5) is 16.2 Å². The SMILES string of the molecule is CCN1CCN(C(=O)Nc2cccc(N)c2)CC1. The minimum absolute atomic E-state index is 0.0450. The molecule has 1 aromatic rings. The third-order valence-electron chi connectivity index (χ3n) is 3.24. The van der Waals surface area contributed by atoms with E-state index in [1.807, 2.05) is 17.0 Å². The van der Waals surface area contributed by atoms with E-state index in [0.29, 0.717) is 5.69 Å². The molecule has 0 aliphatic carbocycles. The highest BCUT2D eigenvalue weighted by Crippen LogP contribution is 2.13. The van der Waals surface area contributed by atoms with Crippen molar-refractivity contribution >= 4 is 17.4 Å². The Hall–Kier alpha value is -1.75. The summed E-state index contributed by atoms with van der Waals surface area (Å²) in [6.07, 6.45) is 0. The Morgan fingerprint density at radius 2 is 2.06 bits per heavy atom. The van der Waals surface area contributed by atoms with E-state index >= 15 is 0 Å². The van der Waals surface area contributed by atoms with Gasteiger partial charge < -0.3 is 20.9 Å². The molecule has 2 rings (SSSR count). The van der Waals surface area contributed by atoms with E-state index in [1.165, 1.54) is 0 Å². The van der Waals surface area contributed by atoms with Gasteiger partial charge in [0.25, 0.3) is 0 Å². The monoisotopic (exact) mass is 248 g/mol. The lowest BCUT2D eigenvalue weighted by Gasteiger charge is -2.33. The highest BCUT2D eigenvalue weighted by molar-refractivity contribution is 5.89. The Morgan fingerprint density at radius 1 is 1.33 bits per heavy atom. The molecule has 98 valence electrons. The number of nitrogens with one attached hydrogen (secondary N) is 1. The van der Waals surface area contributed by atoms with E-state index in [1.54, 1.807) is 12.1 Å².